The molecule has 0 radical (unpaired) electrons. The third-order valence-electron chi connectivity index (χ3n) is 3.23. The second-order valence-electron chi connectivity index (χ2n) is 4.69. The maximum Gasteiger partial charge on any atom is 0.123 e. The van der Waals surface area contributed by atoms with Gasteiger partial charge in [-0.1, -0.05) is 38.8 Å². The molecule has 1 N–H and O–H groups in total. The first-order valence-corrected chi connectivity index (χ1v) is 6.68. The first kappa shape index (κ1) is 14.2. The van der Waals surface area contributed by atoms with Gasteiger partial charge in [-0.3, -0.25) is 0 Å². The average molecular weight is 237 g/mol. The van der Waals surface area contributed by atoms with Crippen LogP contribution in [0.1, 0.15) is 58.1 Å². The molecule has 1 nitrogen and oxygen atoms in total. The van der Waals surface area contributed by atoms with Gasteiger partial charge >= 0.3 is 0 Å². The van der Waals surface area contributed by atoms with Gasteiger partial charge in [-0.25, -0.2) is 4.39 Å². The van der Waals surface area contributed by atoms with Crippen LogP contribution >= 0.6 is 0 Å². The Hall–Kier alpha value is -0.890. The van der Waals surface area contributed by atoms with Crippen molar-refractivity contribution in [3.8, 4) is 0 Å². The van der Waals surface area contributed by atoms with Gasteiger partial charge in [0.05, 0.1) is 0 Å². The predicted octanol–water partition coefficient (Wildman–Crippen LogP) is 4.45. The molecule has 0 aliphatic rings. The van der Waals surface area contributed by atoms with E-state index in [9.17, 15) is 4.39 Å². The maximum absolute atomic E-state index is 13.1. The predicted molar refractivity (Wildman–Crippen MR) is 71.6 cm³/mol. The molecule has 1 aromatic carbocycles. The molecule has 0 aliphatic carbocycles. The Morgan fingerprint density at radius 3 is 2.65 bits per heavy atom. The number of unbranched alkanes of at least 4 members (excludes halogenated alkanes) is 1. The second kappa shape index (κ2) is 7.44. The number of hydrogen-bond acceptors (Lipinski definition) is 1. The van der Waals surface area contributed by atoms with Crippen molar-refractivity contribution in [3.63, 3.8) is 0 Å². The van der Waals surface area contributed by atoms with Gasteiger partial charge in [0, 0.05) is 12.1 Å². The summed E-state index contributed by atoms with van der Waals surface area (Å²) in [5.41, 5.74) is 1.03. The van der Waals surface area contributed by atoms with E-state index in [1.54, 1.807) is 12.1 Å². The molecule has 0 saturated heterocycles. The van der Waals surface area contributed by atoms with E-state index < -0.39 is 0 Å². The van der Waals surface area contributed by atoms with Gasteiger partial charge in [0.25, 0.3) is 0 Å². The zero-order valence-corrected chi connectivity index (χ0v) is 11.2. The van der Waals surface area contributed by atoms with Crippen LogP contribution in [0.25, 0.3) is 0 Å². The van der Waals surface area contributed by atoms with Gasteiger partial charge < -0.3 is 5.32 Å². The van der Waals surface area contributed by atoms with E-state index in [1.165, 1.54) is 25.3 Å². The van der Waals surface area contributed by atoms with E-state index >= 15 is 0 Å². The van der Waals surface area contributed by atoms with E-state index in [-0.39, 0.29) is 11.9 Å². The van der Waals surface area contributed by atoms with Crippen molar-refractivity contribution < 1.29 is 4.39 Å². The highest BCUT2D eigenvalue weighted by atomic mass is 19.1. The molecular formula is C15H24FN. The quantitative estimate of drug-likeness (QED) is 0.739. The molecule has 1 rings (SSSR count). The van der Waals surface area contributed by atoms with Gasteiger partial charge in [0.15, 0.2) is 0 Å². The molecule has 96 valence electrons. The summed E-state index contributed by atoms with van der Waals surface area (Å²) in [6.07, 6.45) is 4.81. The van der Waals surface area contributed by atoms with E-state index in [2.05, 4.69) is 26.1 Å². The molecular weight excluding hydrogens is 213 g/mol. The minimum atomic E-state index is -0.155. The summed E-state index contributed by atoms with van der Waals surface area (Å²) >= 11 is 0. The average Bonchev–Trinajstić information content (AvgIpc) is 2.34. The number of nitrogens with one attached hydrogen (secondary N) is 1. The summed E-state index contributed by atoms with van der Waals surface area (Å²) in [5.74, 6) is -0.155. The van der Waals surface area contributed by atoms with Crippen molar-refractivity contribution >= 4 is 0 Å². The first-order chi connectivity index (χ1) is 8.17. The Kier molecular flexibility index (Phi) is 6.20. The molecule has 0 amide bonds. The summed E-state index contributed by atoms with van der Waals surface area (Å²) in [5, 5.41) is 3.58. The zero-order valence-electron chi connectivity index (χ0n) is 11.2. The molecule has 0 fully saturated rings. The molecule has 0 spiro atoms. The standard InChI is InChI=1S/C15H24FN/c1-4-6-10-15(5-2)17-12(3)13-8-7-9-14(16)11-13/h7-9,11-12,15,17H,4-6,10H2,1-3H3/t12-,15?/m1/s1. The number of benzene rings is 1. The number of hydrogen-bond donors (Lipinski definition) is 1. The lowest BCUT2D eigenvalue weighted by Gasteiger charge is -2.22. The molecule has 0 saturated carbocycles. The van der Waals surface area contributed by atoms with E-state index in [0.29, 0.717) is 6.04 Å². The maximum atomic E-state index is 13.1. The van der Waals surface area contributed by atoms with Crippen LogP contribution in [0.4, 0.5) is 4.39 Å². The highest BCUT2D eigenvalue weighted by Crippen LogP contribution is 2.16. The van der Waals surface area contributed by atoms with Crippen molar-refractivity contribution in [3.05, 3.63) is 35.6 Å². The van der Waals surface area contributed by atoms with Gasteiger partial charge in [0.2, 0.25) is 0 Å². The summed E-state index contributed by atoms with van der Waals surface area (Å²) in [6.45, 7) is 6.51. The highest BCUT2D eigenvalue weighted by molar-refractivity contribution is 5.19. The summed E-state index contributed by atoms with van der Waals surface area (Å²) in [7, 11) is 0. The van der Waals surface area contributed by atoms with Gasteiger partial charge in [0.1, 0.15) is 5.82 Å². The van der Waals surface area contributed by atoms with Gasteiger partial charge in [-0.2, -0.15) is 0 Å². The number of rotatable bonds is 7. The van der Waals surface area contributed by atoms with Crippen LogP contribution in [0.15, 0.2) is 24.3 Å². The Labute approximate surface area is 104 Å². The highest BCUT2D eigenvalue weighted by Gasteiger charge is 2.11. The van der Waals surface area contributed by atoms with Crippen LogP contribution in [-0.4, -0.2) is 6.04 Å². The van der Waals surface area contributed by atoms with Crippen LogP contribution in [0.3, 0.4) is 0 Å². The lowest BCUT2D eigenvalue weighted by Crippen LogP contribution is -2.31. The fourth-order valence-corrected chi connectivity index (χ4v) is 2.08. The Morgan fingerprint density at radius 2 is 2.06 bits per heavy atom. The SMILES string of the molecule is CCCCC(CC)N[C@H](C)c1cccc(F)c1. The summed E-state index contributed by atoms with van der Waals surface area (Å²) in [4.78, 5) is 0. The van der Waals surface area contributed by atoms with Gasteiger partial charge in [-0.15, -0.1) is 0 Å². The fourth-order valence-electron chi connectivity index (χ4n) is 2.08. The third-order valence-corrected chi connectivity index (χ3v) is 3.23. The normalized spacial score (nSPS) is 14.6. The fraction of sp³-hybridized carbons (Fsp3) is 0.600. The molecule has 1 unspecified atom stereocenters. The molecule has 0 bridgehead atoms. The van der Waals surface area contributed by atoms with E-state index in [1.807, 2.05) is 6.07 Å². The van der Waals surface area contributed by atoms with Crippen LogP contribution in [0.5, 0.6) is 0 Å². The molecule has 0 aliphatic heterocycles. The van der Waals surface area contributed by atoms with Gasteiger partial charge in [-0.05, 0) is 37.5 Å². The minimum absolute atomic E-state index is 0.155. The number of halogens is 1. The molecule has 0 heterocycles. The first-order valence-electron chi connectivity index (χ1n) is 6.68. The Morgan fingerprint density at radius 1 is 1.29 bits per heavy atom. The van der Waals surface area contributed by atoms with Crippen molar-refractivity contribution in [2.75, 3.05) is 0 Å². The van der Waals surface area contributed by atoms with Crippen LogP contribution in [-0.2, 0) is 0 Å². The Balaban J connectivity index is 2.54. The third kappa shape index (κ3) is 4.86. The van der Waals surface area contributed by atoms with E-state index in [0.717, 1.165) is 12.0 Å². The lowest BCUT2D eigenvalue weighted by molar-refractivity contribution is 0.409. The monoisotopic (exact) mass is 237 g/mol. The molecule has 17 heavy (non-hydrogen) atoms. The zero-order chi connectivity index (χ0) is 12.7. The largest absolute Gasteiger partial charge is 0.307 e. The van der Waals surface area contributed by atoms with Crippen molar-refractivity contribution in [2.24, 2.45) is 0 Å². The smallest absolute Gasteiger partial charge is 0.123 e. The van der Waals surface area contributed by atoms with Crippen molar-refractivity contribution in [1.82, 2.24) is 5.32 Å². The van der Waals surface area contributed by atoms with Crippen LogP contribution in [0.2, 0.25) is 0 Å². The van der Waals surface area contributed by atoms with E-state index in [4.69, 9.17) is 0 Å². The minimum Gasteiger partial charge on any atom is -0.307 e. The summed E-state index contributed by atoms with van der Waals surface area (Å²) in [6, 6.07) is 7.61. The lowest BCUT2D eigenvalue weighted by atomic mass is 10.0. The van der Waals surface area contributed by atoms with Crippen molar-refractivity contribution in [1.29, 1.82) is 0 Å². The second-order valence-corrected chi connectivity index (χ2v) is 4.69. The topological polar surface area (TPSA) is 12.0 Å². The molecule has 2 atom stereocenters. The molecule has 1 aromatic rings. The van der Waals surface area contributed by atoms with Crippen molar-refractivity contribution in [2.45, 2.75) is 58.5 Å². The summed E-state index contributed by atoms with van der Waals surface area (Å²) < 4.78 is 13.1. The molecule has 2 heteroatoms. The molecule has 0 aromatic heterocycles. The van der Waals surface area contributed by atoms with Crippen LogP contribution in [0, 0.1) is 5.82 Å². The Bertz CT molecular complexity index is 324. The van der Waals surface area contributed by atoms with Crippen LogP contribution < -0.4 is 5.32 Å².